The second-order valence-corrected chi connectivity index (χ2v) is 9.10. The number of benzene rings is 1. The molecule has 0 spiro atoms. The molecule has 0 radical (unpaired) electrons. The van der Waals surface area contributed by atoms with Crippen molar-refractivity contribution < 1.29 is 17.9 Å². The van der Waals surface area contributed by atoms with Crippen molar-refractivity contribution in [1.29, 1.82) is 0 Å². The van der Waals surface area contributed by atoms with Gasteiger partial charge in [-0.3, -0.25) is 4.90 Å². The Hall–Kier alpha value is -0.990. The summed E-state index contributed by atoms with van der Waals surface area (Å²) in [6.07, 6.45) is 0. The lowest BCUT2D eigenvalue weighted by molar-refractivity contribution is -0.154. The van der Waals surface area contributed by atoms with Crippen LogP contribution in [0.15, 0.2) is 29.2 Å². The molecule has 0 unspecified atom stereocenters. The van der Waals surface area contributed by atoms with Crippen LogP contribution in [0.3, 0.4) is 0 Å². The third kappa shape index (κ3) is 3.61. The van der Waals surface area contributed by atoms with Crippen molar-refractivity contribution in [3.63, 3.8) is 0 Å². The van der Waals surface area contributed by atoms with Gasteiger partial charge in [0, 0.05) is 39.8 Å². The van der Waals surface area contributed by atoms with Gasteiger partial charge in [0.1, 0.15) is 0 Å². The van der Waals surface area contributed by atoms with Crippen LogP contribution >= 0.6 is 0 Å². The average molecular weight is 368 g/mol. The minimum Gasteiger partial charge on any atom is -0.379 e. The normalized spacial score (nSPS) is 22.1. The number of methoxy groups -OCH3 is 1. The van der Waals surface area contributed by atoms with E-state index in [-0.39, 0.29) is 5.60 Å². The van der Waals surface area contributed by atoms with E-state index in [1.165, 1.54) is 4.31 Å². The zero-order valence-corrected chi connectivity index (χ0v) is 16.1. The molecule has 2 aliphatic heterocycles. The van der Waals surface area contributed by atoms with Crippen LogP contribution in [-0.4, -0.2) is 69.7 Å². The van der Waals surface area contributed by atoms with Crippen LogP contribution in [0.4, 0.5) is 0 Å². The van der Waals surface area contributed by atoms with Crippen molar-refractivity contribution in [3.05, 3.63) is 29.8 Å². The summed E-state index contributed by atoms with van der Waals surface area (Å²) in [5, 5.41) is 0. The van der Waals surface area contributed by atoms with Crippen LogP contribution in [-0.2, 0) is 26.0 Å². The Morgan fingerprint density at radius 2 is 1.84 bits per heavy atom. The van der Waals surface area contributed by atoms with Crippen molar-refractivity contribution in [3.8, 4) is 0 Å². The van der Waals surface area contributed by atoms with E-state index in [0.717, 1.165) is 18.7 Å². The van der Waals surface area contributed by atoms with Crippen molar-refractivity contribution >= 4 is 10.0 Å². The van der Waals surface area contributed by atoms with E-state index in [1.807, 2.05) is 12.1 Å². The third-order valence-corrected chi connectivity index (χ3v) is 7.39. The van der Waals surface area contributed by atoms with E-state index >= 15 is 0 Å². The van der Waals surface area contributed by atoms with Crippen LogP contribution in [0.5, 0.6) is 0 Å². The topological polar surface area (TPSA) is 59.1 Å². The lowest BCUT2D eigenvalue weighted by atomic mass is 9.82. The molecule has 2 heterocycles. The van der Waals surface area contributed by atoms with Gasteiger partial charge in [-0.25, -0.2) is 8.42 Å². The molecule has 0 bridgehead atoms. The third-order valence-electron chi connectivity index (χ3n) is 5.40. The van der Waals surface area contributed by atoms with Gasteiger partial charge in [-0.1, -0.05) is 32.0 Å². The van der Waals surface area contributed by atoms with E-state index in [0.29, 0.717) is 43.7 Å². The molecule has 0 N–H and O–H groups in total. The maximum absolute atomic E-state index is 13.0. The van der Waals surface area contributed by atoms with Gasteiger partial charge in [-0.05, 0) is 17.5 Å². The Balaban J connectivity index is 1.76. The first kappa shape index (κ1) is 18.8. The SMILES string of the molecule is COC1(C(C)C)CN(Cc2ccccc2S(=O)(=O)N2CCOCC2)C1. The molecule has 0 saturated carbocycles. The summed E-state index contributed by atoms with van der Waals surface area (Å²) >= 11 is 0. The van der Waals surface area contributed by atoms with Gasteiger partial charge < -0.3 is 9.47 Å². The molecular formula is C18H28N2O4S. The lowest BCUT2D eigenvalue weighted by Crippen LogP contribution is -2.65. The predicted octanol–water partition coefficient (Wildman–Crippen LogP) is 1.56. The highest BCUT2D eigenvalue weighted by Crippen LogP contribution is 2.34. The molecule has 140 valence electrons. The number of rotatable bonds is 6. The summed E-state index contributed by atoms with van der Waals surface area (Å²) in [4.78, 5) is 2.66. The van der Waals surface area contributed by atoms with Crippen molar-refractivity contribution in [2.24, 2.45) is 5.92 Å². The zero-order valence-electron chi connectivity index (χ0n) is 15.3. The summed E-state index contributed by atoms with van der Waals surface area (Å²) in [7, 11) is -1.72. The Kier molecular flexibility index (Phi) is 5.51. The molecule has 0 aromatic heterocycles. The van der Waals surface area contributed by atoms with Gasteiger partial charge in [0.25, 0.3) is 0 Å². The molecule has 0 aliphatic carbocycles. The number of sulfonamides is 1. The molecule has 1 aromatic rings. The standard InChI is InChI=1S/C18H28N2O4S/c1-15(2)18(23-3)13-19(14-18)12-16-6-4-5-7-17(16)25(21,22)20-8-10-24-11-9-20/h4-7,15H,8-14H2,1-3H3. The number of nitrogens with zero attached hydrogens (tertiary/aromatic N) is 2. The first-order valence-corrected chi connectivity index (χ1v) is 10.3. The Morgan fingerprint density at radius 1 is 1.20 bits per heavy atom. The van der Waals surface area contributed by atoms with E-state index in [2.05, 4.69) is 18.7 Å². The predicted molar refractivity (Wildman–Crippen MR) is 95.9 cm³/mol. The summed E-state index contributed by atoms with van der Waals surface area (Å²) in [6.45, 7) is 8.35. The van der Waals surface area contributed by atoms with E-state index in [9.17, 15) is 8.42 Å². The van der Waals surface area contributed by atoms with Gasteiger partial charge in [-0.2, -0.15) is 4.31 Å². The number of hydrogen-bond acceptors (Lipinski definition) is 5. The maximum atomic E-state index is 13.0. The van der Waals surface area contributed by atoms with E-state index in [1.54, 1.807) is 19.2 Å². The first-order valence-electron chi connectivity index (χ1n) is 8.82. The van der Waals surface area contributed by atoms with Crippen LogP contribution in [0.2, 0.25) is 0 Å². The molecule has 3 rings (SSSR count). The maximum Gasteiger partial charge on any atom is 0.243 e. The number of morpholine rings is 1. The smallest absolute Gasteiger partial charge is 0.243 e. The highest BCUT2D eigenvalue weighted by Gasteiger charge is 2.45. The van der Waals surface area contributed by atoms with Crippen LogP contribution in [0.1, 0.15) is 19.4 Å². The summed E-state index contributed by atoms with van der Waals surface area (Å²) in [6, 6.07) is 7.32. The fourth-order valence-corrected chi connectivity index (χ4v) is 5.23. The molecule has 0 amide bonds. The van der Waals surface area contributed by atoms with Gasteiger partial charge in [0.15, 0.2) is 0 Å². The molecule has 25 heavy (non-hydrogen) atoms. The fourth-order valence-electron chi connectivity index (χ4n) is 3.61. The fraction of sp³-hybridized carbons (Fsp3) is 0.667. The molecule has 2 aliphatic rings. The van der Waals surface area contributed by atoms with Gasteiger partial charge >= 0.3 is 0 Å². The molecule has 1 aromatic carbocycles. The quantitative estimate of drug-likeness (QED) is 0.763. The highest BCUT2D eigenvalue weighted by molar-refractivity contribution is 7.89. The number of likely N-dealkylation sites (tertiary alicyclic amines) is 1. The van der Waals surface area contributed by atoms with Crippen LogP contribution < -0.4 is 0 Å². The monoisotopic (exact) mass is 368 g/mol. The molecular weight excluding hydrogens is 340 g/mol. The van der Waals surface area contributed by atoms with E-state index in [4.69, 9.17) is 9.47 Å². The molecule has 0 atom stereocenters. The first-order chi connectivity index (χ1) is 11.9. The average Bonchev–Trinajstić information content (AvgIpc) is 2.58. The van der Waals surface area contributed by atoms with E-state index < -0.39 is 10.0 Å². The second-order valence-electron chi connectivity index (χ2n) is 7.19. The zero-order chi connectivity index (χ0) is 18.1. The lowest BCUT2D eigenvalue weighted by Gasteiger charge is -2.52. The molecule has 2 saturated heterocycles. The molecule has 6 nitrogen and oxygen atoms in total. The van der Waals surface area contributed by atoms with Gasteiger partial charge in [-0.15, -0.1) is 0 Å². The van der Waals surface area contributed by atoms with Crippen LogP contribution in [0, 0.1) is 5.92 Å². The highest BCUT2D eigenvalue weighted by atomic mass is 32.2. The minimum atomic E-state index is -3.48. The summed E-state index contributed by atoms with van der Waals surface area (Å²) < 4.78 is 38.6. The summed E-state index contributed by atoms with van der Waals surface area (Å²) in [5.74, 6) is 0.432. The molecule has 2 fully saturated rings. The second kappa shape index (κ2) is 7.32. The van der Waals surface area contributed by atoms with Crippen LogP contribution in [0.25, 0.3) is 0 Å². The Morgan fingerprint density at radius 3 is 2.44 bits per heavy atom. The number of hydrogen-bond donors (Lipinski definition) is 0. The Labute approximate surface area is 150 Å². The van der Waals surface area contributed by atoms with Crippen molar-refractivity contribution in [2.75, 3.05) is 46.5 Å². The van der Waals surface area contributed by atoms with Crippen molar-refractivity contribution in [1.82, 2.24) is 9.21 Å². The minimum absolute atomic E-state index is 0.113. The largest absolute Gasteiger partial charge is 0.379 e. The number of ether oxygens (including phenoxy) is 2. The Bertz CT molecular complexity index is 693. The van der Waals surface area contributed by atoms with Crippen molar-refractivity contribution in [2.45, 2.75) is 30.9 Å². The summed E-state index contributed by atoms with van der Waals surface area (Å²) in [5.41, 5.74) is 0.736. The van der Waals surface area contributed by atoms with Gasteiger partial charge in [0.2, 0.25) is 10.0 Å². The molecule has 7 heteroatoms. The van der Waals surface area contributed by atoms with Gasteiger partial charge in [0.05, 0.1) is 23.7 Å².